The zero-order valence-corrected chi connectivity index (χ0v) is 22.6. The van der Waals surface area contributed by atoms with Gasteiger partial charge in [-0.25, -0.2) is 18.7 Å². The highest BCUT2D eigenvalue weighted by molar-refractivity contribution is 5.77. The second-order valence-electron chi connectivity index (χ2n) is 11.9. The van der Waals surface area contributed by atoms with E-state index in [1.807, 2.05) is 40.7 Å². The number of halogens is 1. The zero-order chi connectivity index (χ0) is 26.7. The van der Waals surface area contributed by atoms with E-state index in [0.29, 0.717) is 28.2 Å². The number of hydrogen-bond acceptors (Lipinski definition) is 5. The molecular formula is C29H35FN6O. The quantitative estimate of drug-likeness (QED) is 0.373. The summed E-state index contributed by atoms with van der Waals surface area (Å²) in [6.07, 6.45) is 1.57. The van der Waals surface area contributed by atoms with Crippen LogP contribution in [0.25, 0.3) is 16.7 Å². The lowest BCUT2D eigenvalue weighted by atomic mass is 9.79. The number of nitrogens with one attached hydrogen (secondary N) is 2. The summed E-state index contributed by atoms with van der Waals surface area (Å²) in [6.45, 7) is 16.0. The van der Waals surface area contributed by atoms with E-state index in [0.717, 1.165) is 18.8 Å². The number of hydrogen-bond donors (Lipinski definition) is 2. The van der Waals surface area contributed by atoms with Crippen LogP contribution in [0.5, 0.6) is 0 Å². The Balaban J connectivity index is 1.63. The molecule has 0 atom stereocenters. The molecule has 0 radical (unpaired) electrons. The molecule has 0 saturated heterocycles. The van der Waals surface area contributed by atoms with Crippen LogP contribution in [0.4, 0.5) is 16.0 Å². The Bertz CT molecular complexity index is 1560. The van der Waals surface area contributed by atoms with Gasteiger partial charge in [-0.1, -0.05) is 40.7 Å². The van der Waals surface area contributed by atoms with Crippen molar-refractivity contribution in [3.63, 3.8) is 0 Å². The lowest BCUT2D eigenvalue weighted by Crippen LogP contribution is -2.38. The van der Waals surface area contributed by atoms with Crippen LogP contribution in [0.2, 0.25) is 0 Å². The maximum absolute atomic E-state index is 14.7. The molecule has 37 heavy (non-hydrogen) atoms. The van der Waals surface area contributed by atoms with E-state index in [-0.39, 0.29) is 22.8 Å². The van der Waals surface area contributed by atoms with Crippen LogP contribution in [-0.2, 0) is 17.4 Å². The number of fused-ring (bicyclic) bond motifs is 2. The van der Waals surface area contributed by atoms with Gasteiger partial charge in [0.05, 0.1) is 5.69 Å². The van der Waals surface area contributed by atoms with E-state index in [4.69, 9.17) is 4.98 Å². The minimum atomic E-state index is -0.399. The van der Waals surface area contributed by atoms with Gasteiger partial charge in [-0.2, -0.15) is 4.98 Å². The zero-order valence-electron chi connectivity index (χ0n) is 22.6. The fourth-order valence-corrected chi connectivity index (χ4v) is 5.21. The van der Waals surface area contributed by atoms with E-state index in [1.54, 1.807) is 27.7 Å². The molecule has 0 amide bonds. The minimum absolute atomic E-state index is 0.0679. The molecule has 2 aromatic heterocycles. The Hall–Kier alpha value is -3.52. The fourth-order valence-electron chi connectivity index (χ4n) is 5.21. The number of rotatable bonds is 4. The summed E-state index contributed by atoms with van der Waals surface area (Å²) in [5.41, 5.74) is 4.68. The van der Waals surface area contributed by atoms with Crippen molar-refractivity contribution < 1.29 is 4.39 Å². The lowest BCUT2D eigenvalue weighted by molar-refractivity contribution is 0.435. The molecule has 0 fully saturated rings. The van der Waals surface area contributed by atoms with Gasteiger partial charge in [-0.3, -0.25) is 4.79 Å². The van der Waals surface area contributed by atoms with Crippen molar-refractivity contribution in [2.75, 3.05) is 11.9 Å². The first kappa shape index (κ1) is 25.1. The maximum atomic E-state index is 14.7. The SMILES string of the molecule is CC(C)n1c(=O)c2cnc(Nc3ccc4c(c3)CNCC4(C)C)nc2n1-c1ccc(F)c(C(C)(C)C)c1. The Labute approximate surface area is 216 Å². The third kappa shape index (κ3) is 4.44. The standard InChI is InChI=1S/C29H35FN6O/c1-17(2)35-26(37)21-15-32-27(33-19-8-10-22-18(12-19)14-31-16-29(22,6)7)34-25(21)36(35)20-9-11-24(30)23(13-20)28(3,4)5/h8-13,15,17,31H,14,16H2,1-7H3,(H,32,33,34). The van der Waals surface area contributed by atoms with Crippen LogP contribution in [0.1, 0.15) is 71.2 Å². The molecule has 0 aliphatic carbocycles. The molecule has 3 heterocycles. The van der Waals surface area contributed by atoms with Crippen LogP contribution >= 0.6 is 0 Å². The lowest BCUT2D eigenvalue weighted by Gasteiger charge is -2.33. The maximum Gasteiger partial charge on any atom is 0.278 e. The third-order valence-corrected chi connectivity index (χ3v) is 7.09. The van der Waals surface area contributed by atoms with Crippen molar-refractivity contribution in [2.24, 2.45) is 0 Å². The molecule has 7 nitrogen and oxygen atoms in total. The van der Waals surface area contributed by atoms with Gasteiger partial charge in [0.15, 0.2) is 5.65 Å². The summed E-state index contributed by atoms with van der Waals surface area (Å²) in [7, 11) is 0. The predicted molar refractivity (Wildman–Crippen MR) is 147 cm³/mol. The third-order valence-electron chi connectivity index (χ3n) is 7.09. The number of anilines is 2. The van der Waals surface area contributed by atoms with Crippen LogP contribution in [-0.4, -0.2) is 25.9 Å². The van der Waals surface area contributed by atoms with Crippen LogP contribution in [0, 0.1) is 5.82 Å². The number of aromatic nitrogens is 4. The molecule has 0 spiro atoms. The fraction of sp³-hybridized carbons (Fsp3) is 0.414. The van der Waals surface area contributed by atoms with Gasteiger partial charge in [-0.15, -0.1) is 0 Å². The molecule has 1 aliphatic rings. The summed E-state index contributed by atoms with van der Waals surface area (Å²) < 4.78 is 18.1. The van der Waals surface area contributed by atoms with E-state index in [9.17, 15) is 9.18 Å². The highest BCUT2D eigenvalue weighted by atomic mass is 19.1. The number of benzene rings is 2. The minimum Gasteiger partial charge on any atom is -0.324 e. The normalized spacial score (nSPS) is 15.3. The summed E-state index contributed by atoms with van der Waals surface area (Å²) in [5.74, 6) is 0.122. The van der Waals surface area contributed by atoms with Crippen LogP contribution in [0.15, 0.2) is 47.4 Å². The molecule has 1 aliphatic heterocycles. The first-order valence-corrected chi connectivity index (χ1v) is 12.8. The van der Waals surface area contributed by atoms with Gasteiger partial charge in [0.2, 0.25) is 5.95 Å². The average Bonchev–Trinajstić information content (AvgIpc) is 3.10. The molecule has 4 aromatic rings. The van der Waals surface area contributed by atoms with Crippen molar-refractivity contribution >= 4 is 22.7 Å². The van der Waals surface area contributed by atoms with E-state index >= 15 is 0 Å². The topological polar surface area (TPSA) is 76.8 Å². The Morgan fingerprint density at radius 2 is 1.89 bits per heavy atom. The first-order chi connectivity index (χ1) is 17.4. The predicted octanol–water partition coefficient (Wildman–Crippen LogP) is 5.72. The molecule has 5 rings (SSSR count). The molecule has 8 heteroatoms. The summed E-state index contributed by atoms with van der Waals surface area (Å²) >= 11 is 0. The molecule has 2 aromatic carbocycles. The second-order valence-corrected chi connectivity index (χ2v) is 11.9. The summed E-state index contributed by atoms with van der Waals surface area (Å²) in [6, 6.07) is 11.1. The van der Waals surface area contributed by atoms with E-state index in [2.05, 4.69) is 41.6 Å². The van der Waals surface area contributed by atoms with Crippen molar-refractivity contribution in [2.45, 2.75) is 71.9 Å². The Kier molecular flexibility index (Phi) is 5.98. The van der Waals surface area contributed by atoms with Crippen LogP contribution in [0.3, 0.4) is 0 Å². The van der Waals surface area contributed by atoms with Crippen molar-refractivity contribution in [1.29, 1.82) is 0 Å². The first-order valence-electron chi connectivity index (χ1n) is 12.8. The monoisotopic (exact) mass is 502 g/mol. The molecular weight excluding hydrogens is 467 g/mol. The summed E-state index contributed by atoms with van der Waals surface area (Å²) in [4.78, 5) is 22.6. The van der Waals surface area contributed by atoms with Crippen molar-refractivity contribution in [1.82, 2.24) is 24.6 Å². The Morgan fingerprint density at radius 3 is 2.59 bits per heavy atom. The van der Waals surface area contributed by atoms with Crippen LogP contribution < -0.4 is 16.2 Å². The van der Waals surface area contributed by atoms with Gasteiger partial charge in [0, 0.05) is 36.4 Å². The van der Waals surface area contributed by atoms with Gasteiger partial charge in [0.25, 0.3) is 5.56 Å². The molecule has 2 N–H and O–H groups in total. The van der Waals surface area contributed by atoms with Gasteiger partial charge in [0.1, 0.15) is 11.2 Å². The van der Waals surface area contributed by atoms with Crippen molar-refractivity contribution in [3.05, 3.63) is 75.5 Å². The average molecular weight is 503 g/mol. The number of nitrogens with zero attached hydrogens (tertiary/aromatic N) is 4. The van der Waals surface area contributed by atoms with Crippen molar-refractivity contribution in [3.8, 4) is 5.69 Å². The van der Waals surface area contributed by atoms with Gasteiger partial charge < -0.3 is 10.6 Å². The largest absolute Gasteiger partial charge is 0.324 e. The summed E-state index contributed by atoms with van der Waals surface area (Å²) in [5, 5.41) is 7.22. The molecule has 0 unspecified atom stereocenters. The van der Waals surface area contributed by atoms with E-state index in [1.165, 1.54) is 17.2 Å². The molecule has 194 valence electrons. The second kappa shape index (κ2) is 8.80. The highest BCUT2D eigenvalue weighted by Gasteiger charge is 2.27. The smallest absolute Gasteiger partial charge is 0.278 e. The Morgan fingerprint density at radius 1 is 1.14 bits per heavy atom. The van der Waals surface area contributed by atoms with Gasteiger partial charge >= 0.3 is 0 Å². The highest BCUT2D eigenvalue weighted by Crippen LogP contribution is 2.32. The molecule has 0 saturated carbocycles. The van der Waals surface area contributed by atoms with Gasteiger partial charge in [-0.05, 0) is 66.3 Å². The molecule has 0 bridgehead atoms. The van der Waals surface area contributed by atoms with E-state index < -0.39 is 5.41 Å².